The van der Waals surface area contributed by atoms with E-state index >= 15 is 0 Å². The van der Waals surface area contributed by atoms with Crippen LogP contribution in [-0.2, 0) is 11.3 Å². The maximum atomic E-state index is 14.3. The molecule has 0 fully saturated rings. The van der Waals surface area contributed by atoms with Gasteiger partial charge in [-0.1, -0.05) is 48.2 Å². The second kappa shape index (κ2) is 8.16. The molecule has 0 saturated carbocycles. The number of benzene rings is 2. The lowest BCUT2D eigenvalue weighted by Gasteiger charge is -2.09. The van der Waals surface area contributed by atoms with Gasteiger partial charge >= 0.3 is 0 Å². The topological polar surface area (TPSA) is 72.7 Å². The maximum absolute atomic E-state index is 14.3. The predicted molar refractivity (Wildman–Crippen MR) is 112 cm³/mol. The molecule has 0 aliphatic carbocycles. The number of carbonyl (C=O) groups excluding carboxylic acids is 1. The van der Waals surface area contributed by atoms with Crippen LogP contribution in [0.4, 0.5) is 4.39 Å². The minimum absolute atomic E-state index is 0.0768. The van der Waals surface area contributed by atoms with E-state index in [0.717, 1.165) is 10.9 Å². The number of hydrogen-bond acceptors (Lipinski definition) is 5. The van der Waals surface area contributed by atoms with Crippen LogP contribution in [0.1, 0.15) is 19.4 Å². The molecule has 8 heteroatoms. The van der Waals surface area contributed by atoms with Gasteiger partial charge in [-0.15, -0.1) is 10.2 Å². The van der Waals surface area contributed by atoms with Crippen LogP contribution in [0.2, 0.25) is 0 Å². The second-order valence-corrected chi connectivity index (χ2v) is 7.91. The van der Waals surface area contributed by atoms with Crippen LogP contribution in [-0.4, -0.2) is 37.5 Å². The fourth-order valence-corrected chi connectivity index (χ4v) is 3.79. The van der Waals surface area contributed by atoms with Gasteiger partial charge in [0.05, 0.1) is 17.8 Å². The molecule has 2 heterocycles. The molecular formula is C21H20FN5OS. The van der Waals surface area contributed by atoms with Gasteiger partial charge in [-0.25, -0.2) is 9.37 Å². The second-order valence-electron chi connectivity index (χ2n) is 6.97. The molecule has 29 heavy (non-hydrogen) atoms. The first-order valence-electron chi connectivity index (χ1n) is 9.30. The van der Waals surface area contributed by atoms with Crippen LogP contribution in [0, 0.1) is 5.82 Å². The van der Waals surface area contributed by atoms with Crippen molar-refractivity contribution in [3.8, 4) is 0 Å². The van der Waals surface area contributed by atoms with Crippen LogP contribution in [0.3, 0.4) is 0 Å². The summed E-state index contributed by atoms with van der Waals surface area (Å²) >= 11 is 1.23. The highest BCUT2D eigenvalue weighted by atomic mass is 32.2. The third-order valence-electron chi connectivity index (χ3n) is 4.42. The van der Waals surface area contributed by atoms with Crippen molar-refractivity contribution in [2.75, 3.05) is 5.75 Å². The molecule has 0 spiro atoms. The molecule has 0 saturated heterocycles. The maximum Gasteiger partial charge on any atom is 0.230 e. The van der Waals surface area contributed by atoms with Crippen molar-refractivity contribution in [2.24, 2.45) is 0 Å². The normalized spacial score (nSPS) is 11.4. The number of nitrogens with one attached hydrogen (secondary N) is 1. The Morgan fingerprint density at radius 1 is 1.14 bits per heavy atom. The molecule has 6 nitrogen and oxygen atoms in total. The zero-order valence-electron chi connectivity index (χ0n) is 16.1. The number of amides is 1. The summed E-state index contributed by atoms with van der Waals surface area (Å²) in [5, 5.41) is 12.7. The predicted octanol–water partition coefficient (Wildman–Crippen LogP) is 3.78. The fraction of sp³-hybridized carbons (Fsp3) is 0.238. The molecule has 0 bridgehead atoms. The number of fused-ring (bicyclic) bond motifs is 3. The molecule has 0 aliphatic heterocycles. The SMILES string of the molecule is CC(C)NC(=O)CSc1nnc2c3ccccc3n(Cc3ccccc3F)c2n1. The van der Waals surface area contributed by atoms with Crippen LogP contribution in [0.25, 0.3) is 22.1 Å². The Morgan fingerprint density at radius 2 is 1.90 bits per heavy atom. The molecule has 148 valence electrons. The largest absolute Gasteiger partial charge is 0.353 e. The van der Waals surface area contributed by atoms with Crippen molar-refractivity contribution in [2.45, 2.75) is 31.6 Å². The summed E-state index contributed by atoms with van der Waals surface area (Å²) in [4.78, 5) is 16.6. The lowest BCUT2D eigenvalue weighted by Crippen LogP contribution is -2.31. The van der Waals surface area contributed by atoms with E-state index in [0.29, 0.717) is 28.4 Å². The molecule has 2 aromatic heterocycles. The van der Waals surface area contributed by atoms with E-state index in [-0.39, 0.29) is 23.5 Å². The van der Waals surface area contributed by atoms with Gasteiger partial charge in [0.1, 0.15) is 11.3 Å². The molecule has 4 rings (SSSR count). The minimum atomic E-state index is -0.264. The van der Waals surface area contributed by atoms with E-state index < -0.39 is 0 Å². The Balaban J connectivity index is 1.73. The fourth-order valence-electron chi connectivity index (χ4n) is 3.20. The molecular weight excluding hydrogens is 389 g/mol. The zero-order valence-corrected chi connectivity index (χ0v) is 16.9. The van der Waals surface area contributed by atoms with E-state index in [1.54, 1.807) is 12.1 Å². The van der Waals surface area contributed by atoms with Crippen molar-refractivity contribution >= 4 is 39.7 Å². The van der Waals surface area contributed by atoms with Crippen molar-refractivity contribution in [1.29, 1.82) is 0 Å². The van der Waals surface area contributed by atoms with Gasteiger partial charge in [-0.05, 0) is 26.0 Å². The van der Waals surface area contributed by atoms with Crippen molar-refractivity contribution in [3.05, 3.63) is 59.9 Å². The summed E-state index contributed by atoms with van der Waals surface area (Å²) in [6, 6.07) is 14.5. The average Bonchev–Trinajstić information content (AvgIpc) is 3.01. The van der Waals surface area contributed by atoms with E-state index in [1.807, 2.05) is 48.7 Å². The Labute approximate surface area is 171 Å². The standard InChI is InChI=1S/C21H20FN5OS/c1-13(2)23-18(28)12-29-21-24-20-19(25-26-21)15-8-4-6-10-17(15)27(20)11-14-7-3-5-9-16(14)22/h3-10,13H,11-12H2,1-2H3,(H,23,28). The molecule has 1 N–H and O–H groups in total. The first kappa shape index (κ1) is 19.3. The highest BCUT2D eigenvalue weighted by Gasteiger charge is 2.16. The van der Waals surface area contributed by atoms with Gasteiger partial charge in [0.15, 0.2) is 5.65 Å². The lowest BCUT2D eigenvalue weighted by atomic mass is 10.2. The van der Waals surface area contributed by atoms with Gasteiger partial charge in [-0.3, -0.25) is 4.79 Å². The van der Waals surface area contributed by atoms with Gasteiger partial charge in [0.2, 0.25) is 11.1 Å². The molecule has 0 unspecified atom stereocenters. The van der Waals surface area contributed by atoms with Gasteiger partial charge in [0.25, 0.3) is 0 Å². The number of nitrogens with zero attached hydrogens (tertiary/aromatic N) is 4. The number of halogens is 1. The highest BCUT2D eigenvalue weighted by Crippen LogP contribution is 2.28. The lowest BCUT2D eigenvalue weighted by molar-refractivity contribution is -0.119. The monoisotopic (exact) mass is 409 g/mol. The van der Waals surface area contributed by atoms with Gasteiger partial charge < -0.3 is 9.88 Å². The Hall–Kier alpha value is -3.00. The summed E-state index contributed by atoms with van der Waals surface area (Å²) in [5.41, 5.74) is 2.76. The van der Waals surface area contributed by atoms with Crippen LogP contribution < -0.4 is 5.32 Å². The van der Waals surface area contributed by atoms with Crippen molar-refractivity contribution in [3.63, 3.8) is 0 Å². The van der Waals surface area contributed by atoms with E-state index in [9.17, 15) is 9.18 Å². The number of rotatable bonds is 6. The van der Waals surface area contributed by atoms with Crippen molar-refractivity contribution in [1.82, 2.24) is 25.1 Å². The van der Waals surface area contributed by atoms with Crippen LogP contribution >= 0.6 is 11.8 Å². The molecule has 0 atom stereocenters. The average molecular weight is 409 g/mol. The number of hydrogen-bond donors (Lipinski definition) is 1. The van der Waals surface area contributed by atoms with Crippen LogP contribution in [0.15, 0.2) is 53.7 Å². The van der Waals surface area contributed by atoms with Crippen LogP contribution in [0.5, 0.6) is 0 Å². The Bertz CT molecular complexity index is 1190. The Kier molecular flexibility index (Phi) is 5.44. The molecule has 2 aromatic carbocycles. The molecule has 0 radical (unpaired) electrons. The van der Waals surface area contributed by atoms with E-state index in [4.69, 9.17) is 0 Å². The molecule has 1 amide bonds. The third kappa shape index (κ3) is 4.07. The first-order chi connectivity index (χ1) is 14.0. The zero-order chi connectivity index (χ0) is 20.4. The summed E-state index contributed by atoms with van der Waals surface area (Å²) in [6.07, 6.45) is 0. The molecule has 0 aliphatic rings. The number of aromatic nitrogens is 4. The molecule has 4 aromatic rings. The smallest absolute Gasteiger partial charge is 0.230 e. The van der Waals surface area contributed by atoms with Gasteiger partial charge in [-0.2, -0.15) is 0 Å². The quantitative estimate of drug-likeness (QED) is 0.491. The minimum Gasteiger partial charge on any atom is -0.353 e. The highest BCUT2D eigenvalue weighted by molar-refractivity contribution is 7.99. The number of carbonyl (C=O) groups is 1. The first-order valence-corrected chi connectivity index (χ1v) is 10.3. The summed E-state index contributed by atoms with van der Waals surface area (Å²) in [5.74, 6) is -0.139. The van der Waals surface area contributed by atoms with E-state index in [2.05, 4.69) is 20.5 Å². The van der Waals surface area contributed by atoms with Crippen molar-refractivity contribution < 1.29 is 9.18 Å². The summed E-state index contributed by atoms with van der Waals surface area (Å²) < 4.78 is 16.2. The Morgan fingerprint density at radius 3 is 2.69 bits per heavy atom. The third-order valence-corrected chi connectivity index (χ3v) is 5.26. The van der Waals surface area contributed by atoms with Gasteiger partial charge in [0, 0.05) is 17.0 Å². The summed E-state index contributed by atoms with van der Waals surface area (Å²) in [7, 11) is 0. The summed E-state index contributed by atoms with van der Waals surface area (Å²) in [6.45, 7) is 4.15. The van der Waals surface area contributed by atoms with E-state index in [1.165, 1.54) is 17.8 Å². The number of thioether (sulfide) groups is 1. The number of para-hydroxylation sites is 1.